The molecule has 0 aromatic rings. The van der Waals surface area contributed by atoms with Crippen molar-refractivity contribution >= 4 is 11.8 Å². The van der Waals surface area contributed by atoms with E-state index in [9.17, 15) is 0 Å². The van der Waals surface area contributed by atoms with Crippen LogP contribution in [0, 0.1) is 11.8 Å². The first-order valence-corrected chi connectivity index (χ1v) is 5.37. The lowest BCUT2D eigenvalue weighted by molar-refractivity contribution is 0.424. The maximum absolute atomic E-state index is 6.07. The molecule has 1 nitrogen and oxygen atoms in total. The maximum atomic E-state index is 6.07. The highest BCUT2D eigenvalue weighted by Gasteiger charge is 2.34. The monoisotopic (exact) mass is 157 g/mol. The number of rotatable bonds is 2. The second-order valence-electron chi connectivity index (χ2n) is 3.54. The lowest BCUT2D eigenvalue weighted by Crippen LogP contribution is -2.31. The molecule has 0 bridgehead atoms. The fraction of sp³-hybridized carbons (Fsp3) is 1.00. The van der Waals surface area contributed by atoms with E-state index in [0.29, 0.717) is 6.04 Å². The molecule has 2 aliphatic rings. The standard InChI is InChI=1S/C8H15NS/c9-8(6-1-2-6)7-3-4-10-5-7/h6-8H,1-5,9H2. The average molecular weight is 157 g/mol. The van der Waals surface area contributed by atoms with E-state index in [1.165, 1.54) is 30.8 Å². The zero-order valence-corrected chi connectivity index (χ0v) is 7.07. The second-order valence-corrected chi connectivity index (χ2v) is 4.69. The number of nitrogens with two attached hydrogens (primary N) is 1. The molecule has 1 saturated heterocycles. The van der Waals surface area contributed by atoms with Crippen LogP contribution in [0.4, 0.5) is 0 Å². The summed E-state index contributed by atoms with van der Waals surface area (Å²) in [5.41, 5.74) is 6.07. The largest absolute Gasteiger partial charge is 0.327 e. The third-order valence-corrected chi connectivity index (χ3v) is 3.86. The molecule has 1 aliphatic heterocycles. The molecule has 2 unspecified atom stereocenters. The van der Waals surface area contributed by atoms with Crippen molar-refractivity contribution in [3.63, 3.8) is 0 Å². The Balaban J connectivity index is 1.84. The van der Waals surface area contributed by atoms with Crippen molar-refractivity contribution in [1.29, 1.82) is 0 Å². The summed E-state index contributed by atoms with van der Waals surface area (Å²) >= 11 is 2.08. The summed E-state index contributed by atoms with van der Waals surface area (Å²) in [6, 6.07) is 0.551. The first-order chi connectivity index (χ1) is 4.88. The number of hydrogen-bond donors (Lipinski definition) is 1. The Morgan fingerprint density at radius 2 is 2.00 bits per heavy atom. The van der Waals surface area contributed by atoms with Crippen LogP contribution < -0.4 is 5.73 Å². The SMILES string of the molecule is NC(C1CC1)C1CCSC1. The van der Waals surface area contributed by atoms with Crippen LogP contribution in [0.1, 0.15) is 19.3 Å². The molecule has 2 fully saturated rings. The molecule has 0 aromatic carbocycles. The lowest BCUT2D eigenvalue weighted by atomic mass is 9.96. The van der Waals surface area contributed by atoms with E-state index in [4.69, 9.17) is 5.73 Å². The van der Waals surface area contributed by atoms with Gasteiger partial charge in [-0.3, -0.25) is 0 Å². The van der Waals surface area contributed by atoms with E-state index >= 15 is 0 Å². The number of hydrogen-bond acceptors (Lipinski definition) is 2. The summed E-state index contributed by atoms with van der Waals surface area (Å²) in [5.74, 6) is 4.45. The van der Waals surface area contributed by atoms with Crippen molar-refractivity contribution in [2.24, 2.45) is 17.6 Å². The quantitative estimate of drug-likeness (QED) is 0.657. The van der Waals surface area contributed by atoms with Gasteiger partial charge in [-0.2, -0.15) is 11.8 Å². The Morgan fingerprint density at radius 3 is 2.50 bits per heavy atom. The van der Waals surface area contributed by atoms with E-state index in [1.54, 1.807) is 0 Å². The molecule has 2 rings (SSSR count). The van der Waals surface area contributed by atoms with Crippen molar-refractivity contribution in [3.8, 4) is 0 Å². The van der Waals surface area contributed by atoms with Crippen LogP contribution in [0.15, 0.2) is 0 Å². The lowest BCUT2D eigenvalue weighted by Gasteiger charge is -2.16. The predicted molar refractivity (Wildman–Crippen MR) is 46.1 cm³/mol. The summed E-state index contributed by atoms with van der Waals surface area (Å²) in [7, 11) is 0. The van der Waals surface area contributed by atoms with Gasteiger partial charge in [0.05, 0.1) is 0 Å². The first kappa shape index (κ1) is 6.99. The smallest absolute Gasteiger partial charge is 0.0104 e. The average Bonchev–Trinajstić information content (AvgIpc) is 2.65. The zero-order valence-electron chi connectivity index (χ0n) is 6.25. The van der Waals surface area contributed by atoms with Crippen LogP contribution in [0.5, 0.6) is 0 Å². The van der Waals surface area contributed by atoms with Gasteiger partial charge < -0.3 is 5.73 Å². The summed E-state index contributed by atoms with van der Waals surface area (Å²) in [6.07, 6.45) is 4.19. The summed E-state index contributed by atoms with van der Waals surface area (Å²) < 4.78 is 0. The fourth-order valence-electron chi connectivity index (χ4n) is 1.72. The van der Waals surface area contributed by atoms with Crippen LogP contribution in [0.3, 0.4) is 0 Å². The summed E-state index contributed by atoms with van der Waals surface area (Å²) in [6.45, 7) is 0. The van der Waals surface area contributed by atoms with Crippen molar-refractivity contribution in [3.05, 3.63) is 0 Å². The molecule has 1 saturated carbocycles. The van der Waals surface area contributed by atoms with Crippen LogP contribution in [-0.4, -0.2) is 17.5 Å². The van der Waals surface area contributed by atoms with E-state index in [0.717, 1.165) is 11.8 Å². The molecular weight excluding hydrogens is 142 g/mol. The molecule has 10 heavy (non-hydrogen) atoms. The Hall–Kier alpha value is 0.310. The first-order valence-electron chi connectivity index (χ1n) is 4.21. The highest BCUT2D eigenvalue weighted by molar-refractivity contribution is 7.99. The van der Waals surface area contributed by atoms with E-state index in [1.807, 2.05) is 0 Å². The molecule has 0 radical (unpaired) electrons. The zero-order chi connectivity index (χ0) is 6.97. The second kappa shape index (κ2) is 2.74. The highest BCUT2D eigenvalue weighted by Crippen LogP contribution is 2.38. The molecule has 2 atom stereocenters. The molecule has 1 aliphatic carbocycles. The highest BCUT2D eigenvalue weighted by atomic mass is 32.2. The third-order valence-electron chi connectivity index (χ3n) is 2.68. The van der Waals surface area contributed by atoms with Crippen molar-refractivity contribution in [1.82, 2.24) is 0 Å². The van der Waals surface area contributed by atoms with Gasteiger partial charge in [-0.15, -0.1) is 0 Å². The molecule has 58 valence electrons. The van der Waals surface area contributed by atoms with Gasteiger partial charge in [-0.1, -0.05) is 0 Å². The molecular formula is C8H15NS. The topological polar surface area (TPSA) is 26.0 Å². The van der Waals surface area contributed by atoms with Crippen LogP contribution in [-0.2, 0) is 0 Å². The Labute approximate surface area is 66.7 Å². The molecule has 0 spiro atoms. The van der Waals surface area contributed by atoms with Gasteiger partial charge in [0.2, 0.25) is 0 Å². The number of thioether (sulfide) groups is 1. The van der Waals surface area contributed by atoms with E-state index < -0.39 is 0 Å². The Morgan fingerprint density at radius 1 is 1.20 bits per heavy atom. The minimum absolute atomic E-state index is 0.551. The van der Waals surface area contributed by atoms with Crippen LogP contribution >= 0.6 is 11.8 Å². The Bertz CT molecular complexity index is 116. The summed E-state index contributed by atoms with van der Waals surface area (Å²) in [5, 5.41) is 0. The van der Waals surface area contributed by atoms with Gasteiger partial charge in [0.1, 0.15) is 0 Å². The van der Waals surface area contributed by atoms with Gasteiger partial charge in [0, 0.05) is 6.04 Å². The van der Waals surface area contributed by atoms with Gasteiger partial charge in [-0.25, -0.2) is 0 Å². The minimum atomic E-state index is 0.551. The minimum Gasteiger partial charge on any atom is -0.327 e. The van der Waals surface area contributed by atoms with Gasteiger partial charge in [0.15, 0.2) is 0 Å². The molecule has 2 heteroatoms. The Kier molecular flexibility index (Phi) is 1.92. The van der Waals surface area contributed by atoms with Crippen molar-refractivity contribution in [2.45, 2.75) is 25.3 Å². The molecule has 0 aromatic heterocycles. The molecule has 0 amide bonds. The molecule has 2 N–H and O–H groups in total. The van der Waals surface area contributed by atoms with E-state index in [-0.39, 0.29) is 0 Å². The van der Waals surface area contributed by atoms with Crippen LogP contribution in [0.25, 0.3) is 0 Å². The van der Waals surface area contributed by atoms with Crippen molar-refractivity contribution in [2.75, 3.05) is 11.5 Å². The van der Waals surface area contributed by atoms with E-state index in [2.05, 4.69) is 11.8 Å². The van der Waals surface area contributed by atoms with Gasteiger partial charge in [0.25, 0.3) is 0 Å². The fourth-order valence-corrected chi connectivity index (χ4v) is 3.05. The summed E-state index contributed by atoms with van der Waals surface area (Å²) in [4.78, 5) is 0. The normalized spacial score (nSPS) is 36.3. The molecule has 1 heterocycles. The maximum Gasteiger partial charge on any atom is 0.0104 e. The van der Waals surface area contributed by atoms with Gasteiger partial charge >= 0.3 is 0 Å². The van der Waals surface area contributed by atoms with Gasteiger partial charge in [-0.05, 0) is 42.6 Å². The third kappa shape index (κ3) is 1.32. The van der Waals surface area contributed by atoms with Crippen molar-refractivity contribution < 1.29 is 0 Å². The predicted octanol–water partition coefficient (Wildman–Crippen LogP) is 1.48. The van der Waals surface area contributed by atoms with Crippen LogP contribution in [0.2, 0.25) is 0 Å².